The Morgan fingerprint density at radius 2 is 1.71 bits per heavy atom. The van der Waals surface area contributed by atoms with E-state index in [0.29, 0.717) is 6.61 Å². The van der Waals surface area contributed by atoms with Crippen molar-refractivity contribution in [3.8, 4) is 5.75 Å². The van der Waals surface area contributed by atoms with Crippen molar-refractivity contribution in [3.63, 3.8) is 0 Å². The second-order valence-electron chi connectivity index (χ2n) is 9.70. The lowest BCUT2D eigenvalue weighted by molar-refractivity contribution is -0.870. The van der Waals surface area contributed by atoms with Gasteiger partial charge in [-0.2, -0.15) is 4.57 Å². The molecule has 0 amide bonds. The maximum Gasteiger partial charge on any atom is 0.261 e. The highest BCUT2D eigenvalue weighted by atomic mass is 127. The van der Waals surface area contributed by atoms with Crippen LogP contribution in [0.1, 0.15) is 13.8 Å². The van der Waals surface area contributed by atoms with Crippen molar-refractivity contribution in [1.29, 1.82) is 0 Å². The summed E-state index contributed by atoms with van der Waals surface area (Å²) in [5, 5.41) is 5.95. The molecule has 0 fully saturated rings. The van der Waals surface area contributed by atoms with E-state index in [4.69, 9.17) is 9.15 Å². The Labute approximate surface area is 243 Å². The number of nitrogens with zero attached hydrogens (tertiary/aromatic N) is 3. The monoisotopic (exact) mass is 704 g/mol. The lowest BCUT2D eigenvalue weighted by Gasteiger charge is -2.23. The molecule has 0 radical (unpaired) electrons. The Balaban J connectivity index is 0.00000216. The fraction of sp³-hybridized carbons (Fsp3) is 0.444. The van der Waals surface area contributed by atoms with E-state index in [1.54, 1.807) is 0 Å². The van der Waals surface area contributed by atoms with E-state index < -0.39 is 0 Å². The molecule has 2 heterocycles. The largest absolute Gasteiger partial charge is 1.00 e. The van der Waals surface area contributed by atoms with Crippen LogP contribution in [0, 0.1) is 0 Å². The number of anilines is 1. The fourth-order valence-electron chi connectivity index (χ4n) is 4.37. The van der Waals surface area contributed by atoms with Crippen molar-refractivity contribution in [3.05, 3.63) is 42.5 Å². The molecular formula is C27H38I2N4O2. The zero-order valence-corrected chi connectivity index (χ0v) is 26.0. The van der Waals surface area contributed by atoms with Crippen molar-refractivity contribution >= 4 is 38.7 Å². The van der Waals surface area contributed by atoms with Gasteiger partial charge in [0.2, 0.25) is 11.1 Å². The number of fused-ring (bicyclic) bond motifs is 4. The molecule has 35 heavy (non-hydrogen) atoms. The molecule has 8 heteroatoms. The Kier molecular flexibility index (Phi) is 10.9. The third-order valence-corrected chi connectivity index (χ3v) is 6.39. The number of rotatable bonds is 10. The summed E-state index contributed by atoms with van der Waals surface area (Å²) >= 11 is 0. The average Bonchev–Trinajstić information content (AvgIpc) is 3.17. The molecule has 0 aliphatic carbocycles. The molecule has 0 spiro atoms. The van der Waals surface area contributed by atoms with E-state index in [2.05, 4.69) is 87.2 Å². The van der Waals surface area contributed by atoms with Crippen LogP contribution in [0.3, 0.4) is 0 Å². The summed E-state index contributed by atoms with van der Waals surface area (Å²) in [6, 6.07) is 14.7. The predicted octanol–water partition coefficient (Wildman–Crippen LogP) is -1.59. The number of nitrogens with one attached hydrogen (secondary N) is 1. The zero-order valence-electron chi connectivity index (χ0n) is 21.7. The molecule has 1 N–H and O–H groups in total. The number of pyridine rings is 1. The molecule has 4 aromatic rings. The molecule has 0 saturated heterocycles. The first kappa shape index (κ1) is 29.9. The fourth-order valence-corrected chi connectivity index (χ4v) is 4.37. The number of aromatic nitrogens is 1. The molecule has 6 nitrogen and oxygen atoms in total. The highest BCUT2D eigenvalue weighted by molar-refractivity contribution is 6.11. The second-order valence-corrected chi connectivity index (χ2v) is 9.70. The Hall–Kier alpha value is -1.37. The van der Waals surface area contributed by atoms with Gasteiger partial charge in [0.25, 0.3) is 5.52 Å². The summed E-state index contributed by atoms with van der Waals surface area (Å²) in [6.07, 6.45) is 0. The maximum atomic E-state index is 6.44. The molecule has 0 unspecified atom stereocenters. The van der Waals surface area contributed by atoms with Crippen molar-refractivity contribution < 1.29 is 66.2 Å². The number of halogens is 2. The molecular weight excluding hydrogens is 666 g/mol. The molecule has 0 aliphatic rings. The molecule has 192 valence electrons. The average molecular weight is 704 g/mol. The predicted molar refractivity (Wildman–Crippen MR) is 137 cm³/mol. The van der Waals surface area contributed by atoms with Gasteiger partial charge in [-0.05, 0) is 37.4 Å². The minimum atomic E-state index is 0. The highest BCUT2D eigenvalue weighted by Gasteiger charge is 2.25. The van der Waals surface area contributed by atoms with Gasteiger partial charge in [0.1, 0.15) is 31.5 Å². The Morgan fingerprint density at radius 1 is 1.00 bits per heavy atom. The maximum absolute atomic E-state index is 6.44. The molecule has 4 rings (SSSR count). The normalized spacial score (nSPS) is 11.6. The van der Waals surface area contributed by atoms with Crippen molar-refractivity contribution in [2.75, 3.05) is 65.8 Å². The van der Waals surface area contributed by atoms with E-state index in [0.717, 1.165) is 70.7 Å². The van der Waals surface area contributed by atoms with Gasteiger partial charge in [-0.3, -0.25) is 0 Å². The third-order valence-electron chi connectivity index (χ3n) is 6.39. The van der Waals surface area contributed by atoms with Crippen LogP contribution in [0.25, 0.3) is 33.0 Å². The number of ether oxygens (including phenoxy) is 1. The molecule has 2 aromatic heterocycles. The number of hydrogen-bond donors (Lipinski definition) is 1. The lowest BCUT2D eigenvalue weighted by atomic mass is 10.1. The smallest absolute Gasteiger partial charge is 0.261 e. The van der Waals surface area contributed by atoms with Crippen LogP contribution in [0.4, 0.5) is 5.69 Å². The first-order valence-corrected chi connectivity index (χ1v) is 12.0. The van der Waals surface area contributed by atoms with Gasteiger partial charge in [-0.1, -0.05) is 26.0 Å². The summed E-state index contributed by atoms with van der Waals surface area (Å²) < 4.78 is 15.6. The number of likely N-dealkylation sites (N-methyl/N-ethyl adjacent to an activating group) is 2. The highest BCUT2D eigenvalue weighted by Crippen LogP contribution is 2.37. The van der Waals surface area contributed by atoms with E-state index >= 15 is 0 Å². The molecule has 0 bridgehead atoms. The Bertz CT molecular complexity index is 1260. The number of para-hydroxylation sites is 1. The van der Waals surface area contributed by atoms with E-state index in [-0.39, 0.29) is 48.0 Å². The van der Waals surface area contributed by atoms with Crippen LogP contribution < -0.4 is 62.6 Å². The number of furan rings is 1. The van der Waals surface area contributed by atoms with E-state index in [1.807, 2.05) is 12.1 Å². The summed E-state index contributed by atoms with van der Waals surface area (Å²) in [5.74, 6) is 0.878. The van der Waals surface area contributed by atoms with Gasteiger partial charge in [0.05, 0.1) is 37.6 Å². The SMILES string of the molecule is CCN(CC)CCNc1c2ccccc2[n+](C)c2c1oc1ccc(OCC[N+](C)(C)C)cc12.[I-].[I-]. The van der Waals surface area contributed by atoms with Gasteiger partial charge >= 0.3 is 0 Å². The first-order chi connectivity index (χ1) is 15.8. The zero-order chi connectivity index (χ0) is 23.6. The molecule has 0 atom stereocenters. The molecule has 0 aliphatic heterocycles. The van der Waals surface area contributed by atoms with Crippen LogP contribution in [-0.4, -0.2) is 69.9 Å². The van der Waals surface area contributed by atoms with Crippen molar-refractivity contribution in [2.24, 2.45) is 7.05 Å². The summed E-state index contributed by atoms with van der Waals surface area (Å²) in [7, 11) is 8.64. The first-order valence-electron chi connectivity index (χ1n) is 12.0. The Morgan fingerprint density at radius 3 is 2.40 bits per heavy atom. The van der Waals surface area contributed by atoms with Crippen LogP contribution in [-0.2, 0) is 7.05 Å². The minimum Gasteiger partial charge on any atom is -1.00 e. The van der Waals surface area contributed by atoms with Crippen molar-refractivity contribution in [1.82, 2.24) is 4.90 Å². The van der Waals surface area contributed by atoms with Gasteiger partial charge in [0, 0.05) is 19.2 Å². The third kappa shape index (κ3) is 6.69. The number of hydrogen-bond acceptors (Lipinski definition) is 4. The van der Waals surface area contributed by atoms with Crippen LogP contribution in [0.5, 0.6) is 5.75 Å². The lowest BCUT2D eigenvalue weighted by Crippen LogP contribution is -3.00. The molecule has 0 saturated carbocycles. The van der Waals surface area contributed by atoms with Gasteiger partial charge in [-0.25, -0.2) is 0 Å². The van der Waals surface area contributed by atoms with Gasteiger partial charge in [-0.15, -0.1) is 0 Å². The summed E-state index contributed by atoms with van der Waals surface area (Å²) in [6.45, 7) is 10.0. The van der Waals surface area contributed by atoms with Crippen LogP contribution in [0.2, 0.25) is 0 Å². The van der Waals surface area contributed by atoms with Crippen LogP contribution >= 0.6 is 0 Å². The van der Waals surface area contributed by atoms with Gasteiger partial charge < -0.3 is 71.8 Å². The summed E-state index contributed by atoms with van der Waals surface area (Å²) in [5.41, 5.74) is 5.10. The number of benzene rings is 2. The van der Waals surface area contributed by atoms with Gasteiger partial charge in [0.15, 0.2) is 0 Å². The van der Waals surface area contributed by atoms with E-state index in [9.17, 15) is 0 Å². The number of quaternary nitrogens is 1. The second kappa shape index (κ2) is 12.7. The minimum absolute atomic E-state index is 0. The topological polar surface area (TPSA) is 41.5 Å². The molecule has 2 aromatic carbocycles. The van der Waals surface area contributed by atoms with Crippen molar-refractivity contribution in [2.45, 2.75) is 13.8 Å². The summed E-state index contributed by atoms with van der Waals surface area (Å²) in [4.78, 5) is 2.42. The van der Waals surface area contributed by atoms with Crippen LogP contribution in [0.15, 0.2) is 46.9 Å². The standard InChI is InChI=1S/C27H37N4O2.2HI/c1-7-30(8-2)16-15-28-25-21-11-9-10-12-23(21)29(3)26-22-19-20(32-18-17-31(4,5)6)13-14-24(22)33-27(25)26;;/h9-14,19H,7-8,15-18H2,1-6H3;2*1H/q+1;;/p-1. The van der Waals surface area contributed by atoms with E-state index in [1.165, 1.54) is 10.9 Å². The quantitative estimate of drug-likeness (QED) is 0.123. The number of aryl methyl sites for hydroxylation is 1.